The highest BCUT2D eigenvalue weighted by Crippen LogP contribution is 2.36. The molecule has 1 aliphatic heterocycles. The number of hydrogen-bond acceptors (Lipinski definition) is 4. The Kier molecular flexibility index (Phi) is 5.12. The van der Waals surface area contributed by atoms with Crippen LogP contribution < -0.4 is 0 Å². The fourth-order valence-corrected chi connectivity index (χ4v) is 3.99. The first-order valence-corrected chi connectivity index (χ1v) is 9.91. The average Bonchev–Trinajstić information content (AvgIpc) is 3.31. The number of rotatable bonds is 5. The van der Waals surface area contributed by atoms with Crippen LogP contribution in [0.2, 0.25) is 0 Å². The van der Waals surface area contributed by atoms with Crippen molar-refractivity contribution in [3.05, 3.63) is 59.0 Å². The number of benzene rings is 1. The van der Waals surface area contributed by atoms with Gasteiger partial charge in [0.25, 0.3) is 0 Å². The number of H-pyrrole nitrogens is 1. The van der Waals surface area contributed by atoms with Gasteiger partial charge in [-0.05, 0) is 43.4 Å². The van der Waals surface area contributed by atoms with Crippen molar-refractivity contribution in [1.82, 2.24) is 20.3 Å². The van der Waals surface area contributed by atoms with Gasteiger partial charge in [-0.2, -0.15) is 5.10 Å². The van der Waals surface area contributed by atoms with Gasteiger partial charge in [0.15, 0.2) is 5.76 Å². The summed E-state index contributed by atoms with van der Waals surface area (Å²) in [4.78, 5) is 2.56. The number of aromatic amines is 1. The first-order valence-electron chi connectivity index (χ1n) is 9.91. The highest BCUT2D eigenvalue weighted by atomic mass is 16.5. The molecule has 0 radical (unpaired) electrons. The lowest BCUT2D eigenvalue weighted by molar-refractivity contribution is 0.137. The van der Waals surface area contributed by atoms with Crippen LogP contribution in [0.1, 0.15) is 67.6 Å². The summed E-state index contributed by atoms with van der Waals surface area (Å²) in [5.41, 5.74) is 5.82. The molecule has 5 heteroatoms. The van der Waals surface area contributed by atoms with E-state index in [9.17, 15) is 0 Å². The Bertz CT molecular complexity index is 878. The fraction of sp³-hybridized carbons (Fsp3) is 0.455. The van der Waals surface area contributed by atoms with Crippen molar-refractivity contribution in [1.29, 1.82) is 0 Å². The maximum atomic E-state index is 5.50. The largest absolute Gasteiger partial charge is 0.356 e. The van der Waals surface area contributed by atoms with E-state index < -0.39 is 0 Å². The monoisotopic (exact) mass is 364 g/mol. The van der Waals surface area contributed by atoms with Gasteiger partial charge >= 0.3 is 0 Å². The normalized spacial score (nSPS) is 18.3. The van der Waals surface area contributed by atoms with E-state index in [0.29, 0.717) is 12.0 Å². The van der Waals surface area contributed by atoms with E-state index in [-0.39, 0.29) is 0 Å². The quantitative estimate of drug-likeness (QED) is 0.674. The summed E-state index contributed by atoms with van der Waals surface area (Å²) < 4.78 is 5.50. The summed E-state index contributed by atoms with van der Waals surface area (Å²) in [5, 5.41) is 11.6. The molecule has 142 valence electrons. The lowest BCUT2D eigenvalue weighted by atomic mass is 9.95. The number of likely N-dealkylation sites (tertiary alicyclic amines) is 1. The molecule has 1 fully saturated rings. The van der Waals surface area contributed by atoms with Crippen LogP contribution in [0.3, 0.4) is 0 Å². The number of nitrogens with zero attached hydrogens (tertiary/aromatic N) is 3. The third-order valence-corrected chi connectivity index (χ3v) is 5.54. The van der Waals surface area contributed by atoms with Crippen molar-refractivity contribution in [2.75, 3.05) is 6.54 Å². The zero-order chi connectivity index (χ0) is 18.8. The van der Waals surface area contributed by atoms with E-state index in [1.807, 2.05) is 19.2 Å². The Morgan fingerprint density at radius 1 is 1.22 bits per heavy atom. The molecule has 5 nitrogen and oxygen atoms in total. The molecule has 3 heterocycles. The summed E-state index contributed by atoms with van der Waals surface area (Å²) in [7, 11) is 0. The van der Waals surface area contributed by atoms with E-state index in [2.05, 4.69) is 58.4 Å². The second kappa shape index (κ2) is 7.69. The van der Waals surface area contributed by atoms with Gasteiger partial charge in [-0.25, -0.2) is 0 Å². The molecule has 4 rings (SSSR count). The van der Waals surface area contributed by atoms with Crippen molar-refractivity contribution in [3.63, 3.8) is 0 Å². The Morgan fingerprint density at radius 3 is 2.74 bits per heavy atom. The molecule has 0 amide bonds. The smallest absolute Gasteiger partial charge is 0.170 e. The van der Waals surface area contributed by atoms with Gasteiger partial charge in [-0.3, -0.25) is 10.00 Å². The molecule has 2 aromatic heterocycles. The molecule has 0 spiro atoms. The van der Waals surface area contributed by atoms with Crippen molar-refractivity contribution in [2.24, 2.45) is 0 Å². The molecule has 3 aromatic rings. The maximum absolute atomic E-state index is 5.50. The van der Waals surface area contributed by atoms with E-state index in [0.717, 1.165) is 42.2 Å². The van der Waals surface area contributed by atoms with Crippen LogP contribution in [-0.4, -0.2) is 26.8 Å². The van der Waals surface area contributed by atoms with Gasteiger partial charge < -0.3 is 4.52 Å². The fourth-order valence-electron chi connectivity index (χ4n) is 3.99. The third kappa shape index (κ3) is 3.83. The molecule has 0 saturated carbocycles. The summed E-state index contributed by atoms with van der Waals surface area (Å²) >= 11 is 0. The molecular formula is C22H28N4O. The molecule has 1 aromatic carbocycles. The Balaban J connectivity index is 1.57. The van der Waals surface area contributed by atoms with Crippen molar-refractivity contribution in [3.8, 4) is 11.3 Å². The Hall–Kier alpha value is -2.40. The summed E-state index contributed by atoms with van der Waals surface area (Å²) in [6.07, 6.45) is 5.47. The minimum atomic E-state index is 0.325. The summed E-state index contributed by atoms with van der Waals surface area (Å²) in [6.45, 7) is 8.48. The molecule has 1 N–H and O–H groups in total. The highest BCUT2D eigenvalue weighted by molar-refractivity contribution is 5.60. The number of hydrogen-bond donors (Lipinski definition) is 1. The first kappa shape index (κ1) is 18.0. The number of piperidine rings is 1. The average molecular weight is 364 g/mol. The molecule has 0 bridgehead atoms. The first-order chi connectivity index (χ1) is 13.1. The van der Waals surface area contributed by atoms with Crippen LogP contribution in [0.25, 0.3) is 11.3 Å². The van der Waals surface area contributed by atoms with Crippen LogP contribution >= 0.6 is 0 Å². The Labute approximate surface area is 160 Å². The molecule has 1 atom stereocenters. The van der Waals surface area contributed by atoms with Crippen LogP contribution in [0, 0.1) is 6.92 Å². The van der Waals surface area contributed by atoms with Gasteiger partial charge in [0.05, 0.1) is 29.2 Å². The van der Waals surface area contributed by atoms with Crippen molar-refractivity contribution in [2.45, 2.75) is 58.5 Å². The molecule has 0 unspecified atom stereocenters. The third-order valence-electron chi connectivity index (χ3n) is 5.54. The van der Waals surface area contributed by atoms with E-state index >= 15 is 0 Å². The highest BCUT2D eigenvalue weighted by Gasteiger charge is 2.28. The minimum absolute atomic E-state index is 0.325. The molecule has 0 aliphatic carbocycles. The molecule has 1 saturated heterocycles. The number of aromatic nitrogens is 3. The summed E-state index contributed by atoms with van der Waals surface area (Å²) in [5.74, 6) is 1.36. The minimum Gasteiger partial charge on any atom is -0.356 e. The van der Waals surface area contributed by atoms with Crippen LogP contribution in [0.5, 0.6) is 0 Å². The van der Waals surface area contributed by atoms with Gasteiger partial charge in [-0.15, -0.1) is 0 Å². The predicted molar refractivity (Wildman–Crippen MR) is 106 cm³/mol. The van der Waals surface area contributed by atoms with Crippen LogP contribution in [0.15, 0.2) is 41.1 Å². The molecule has 1 aliphatic rings. The predicted octanol–water partition coefficient (Wildman–Crippen LogP) is 5.22. The SMILES string of the molecule is Cc1cc(-c2cn[nH]c2[C@@H]2CCCCN2Cc2ccc(C(C)C)cc2)on1. The van der Waals surface area contributed by atoms with Crippen molar-refractivity contribution >= 4 is 0 Å². The topological polar surface area (TPSA) is 58.0 Å². The second-order valence-corrected chi connectivity index (χ2v) is 7.91. The lowest BCUT2D eigenvalue weighted by Crippen LogP contribution is -2.33. The van der Waals surface area contributed by atoms with E-state index in [1.54, 1.807) is 0 Å². The number of nitrogens with one attached hydrogen (secondary N) is 1. The van der Waals surface area contributed by atoms with Gasteiger partial charge in [0.1, 0.15) is 0 Å². The van der Waals surface area contributed by atoms with Gasteiger partial charge in [0, 0.05) is 12.6 Å². The van der Waals surface area contributed by atoms with E-state index in [1.165, 1.54) is 24.0 Å². The Morgan fingerprint density at radius 2 is 2.04 bits per heavy atom. The van der Waals surface area contributed by atoms with Crippen molar-refractivity contribution < 1.29 is 4.52 Å². The zero-order valence-corrected chi connectivity index (χ0v) is 16.4. The lowest BCUT2D eigenvalue weighted by Gasteiger charge is -2.35. The zero-order valence-electron chi connectivity index (χ0n) is 16.4. The van der Waals surface area contributed by atoms with Crippen LogP contribution in [0.4, 0.5) is 0 Å². The summed E-state index contributed by atoms with van der Waals surface area (Å²) in [6, 6.07) is 11.4. The second-order valence-electron chi connectivity index (χ2n) is 7.91. The van der Waals surface area contributed by atoms with Gasteiger partial charge in [0.2, 0.25) is 0 Å². The van der Waals surface area contributed by atoms with Crippen LogP contribution in [-0.2, 0) is 6.54 Å². The molecule has 27 heavy (non-hydrogen) atoms. The maximum Gasteiger partial charge on any atom is 0.170 e. The number of aryl methyl sites for hydroxylation is 1. The molecular weight excluding hydrogens is 336 g/mol. The van der Waals surface area contributed by atoms with E-state index in [4.69, 9.17) is 4.52 Å². The standard InChI is InChI=1S/C22H28N4O/c1-15(2)18-9-7-17(8-10-18)14-26-11-5-4-6-20(26)22-19(13-23-24-22)21-12-16(3)25-27-21/h7-10,12-13,15,20H,4-6,11,14H2,1-3H3,(H,23,24)/t20-/m0/s1. The van der Waals surface area contributed by atoms with Gasteiger partial charge in [-0.1, -0.05) is 49.7 Å².